The van der Waals surface area contributed by atoms with Crippen molar-refractivity contribution in [3.05, 3.63) is 17.2 Å². The van der Waals surface area contributed by atoms with E-state index in [4.69, 9.17) is 10.5 Å². The monoisotopic (exact) mass is 211 g/mol. The number of aromatic nitrogens is 2. The highest BCUT2D eigenvalue weighted by molar-refractivity contribution is 5.16. The Bertz CT molecular complexity index is 318. The van der Waals surface area contributed by atoms with Gasteiger partial charge in [-0.25, -0.2) is 4.98 Å². The highest BCUT2D eigenvalue weighted by Crippen LogP contribution is 2.21. The Labute approximate surface area is 91.2 Å². The molecular formula is C11H21N3O. The van der Waals surface area contributed by atoms with Crippen molar-refractivity contribution in [2.75, 3.05) is 7.11 Å². The number of rotatable bonds is 5. The number of nitrogens with one attached hydrogen (secondary N) is 1. The van der Waals surface area contributed by atoms with Gasteiger partial charge in [-0.15, -0.1) is 0 Å². The SMILES string of the molecule is CCCC(C)(N)c1nc(COC)c(C)[nH]1. The lowest BCUT2D eigenvalue weighted by atomic mass is 9.97. The minimum atomic E-state index is -0.370. The maximum absolute atomic E-state index is 6.19. The summed E-state index contributed by atoms with van der Waals surface area (Å²) in [6.07, 6.45) is 1.97. The van der Waals surface area contributed by atoms with Crippen LogP contribution in [0.5, 0.6) is 0 Å². The number of nitrogens with zero attached hydrogens (tertiary/aromatic N) is 1. The molecule has 1 atom stereocenters. The van der Waals surface area contributed by atoms with Crippen LogP contribution < -0.4 is 5.73 Å². The van der Waals surface area contributed by atoms with Crippen LogP contribution in [0.3, 0.4) is 0 Å². The normalized spacial score (nSPS) is 15.3. The summed E-state index contributed by atoms with van der Waals surface area (Å²) in [5.41, 5.74) is 7.81. The van der Waals surface area contributed by atoms with E-state index in [0.29, 0.717) is 6.61 Å². The van der Waals surface area contributed by atoms with Crippen molar-refractivity contribution >= 4 is 0 Å². The van der Waals surface area contributed by atoms with E-state index in [9.17, 15) is 0 Å². The zero-order valence-corrected chi connectivity index (χ0v) is 10.1. The van der Waals surface area contributed by atoms with E-state index >= 15 is 0 Å². The second kappa shape index (κ2) is 4.77. The second-order valence-electron chi connectivity index (χ2n) is 4.26. The van der Waals surface area contributed by atoms with Crippen LogP contribution in [0.25, 0.3) is 0 Å². The van der Waals surface area contributed by atoms with Gasteiger partial charge >= 0.3 is 0 Å². The molecular weight excluding hydrogens is 190 g/mol. The van der Waals surface area contributed by atoms with Gasteiger partial charge < -0.3 is 15.5 Å². The summed E-state index contributed by atoms with van der Waals surface area (Å²) in [6, 6.07) is 0. The number of imidazole rings is 1. The van der Waals surface area contributed by atoms with Crippen LogP contribution in [0.1, 0.15) is 43.9 Å². The van der Waals surface area contributed by atoms with Gasteiger partial charge in [0.05, 0.1) is 17.8 Å². The molecule has 1 rings (SSSR count). The minimum absolute atomic E-state index is 0.370. The molecule has 0 aliphatic heterocycles. The molecule has 1 unspecified atom stereocenters. The van der Waals surface area contributed by atoms with Crippen LogP contribution in [0.2, 0.25) is 0 Å². The summed E-state index contributed by atoms with van der Waals surface area (Å²) in [6.45, 7) is 6.65. The van der Waals surface area contributed by atoms with Gasteiger partial charge in [0.2, 0.25) is 0 Å². The molecule has 0 radical (unpaired) electrons. The predicted molar refractivity (Wildman–Crippen MR) is 60.5 cm³/mol. The molecule has 4 nitrogen and oxygen atoms in total. The maximum Gasteiger partial charge on any atom is 0.126 e. The fourth-order valence-corrected chi connectivity index (χ4v) is 1.68. The minimum Gasteiger partial charge on any atom is -0.378 e. The van der Waals surface area contributed by atoms with E-state index < -0.39 is 0 Å². The average molecular weight is 211 g/mol. The molecule has 0 fully saturated rings. The average Bonchev–Trinajstić information content (AvgIpc) is 2.49. The van der Waals surface area contributed by atoms with Gasteiger partial charge in [0.25, 0.3) is 0 Å². The van der Waals surface area contributed by atoms with Gasteiger partial charge in [-0.05, 0) is 20.3 Å². The Morgan fingerprint density at radius 2 is 2.20 bits per heavy atom. The lowest BCUT2D eigenvalue weighted by Gasteiger charge is -2.21. The molecule has 0 aromatic carbocycles. The topological polar surface area (TPSA) is 63.9 Å². The molecule has 0 saturated heterocycles. The first-order valence-corrected chi connectivity index (χ1v) is 5.35. The third kappa shape index (κ3) is 2.79. The van der Waals surface area contributed by atoms with Gasteiger partial charge in [0, 0.05) is 12.8 Å². The summed E-state index contributed by atoms with van der Waals surface area (Å²) in [5, 5.41) is 0. The highest BCUT2D eigenvalue weighted by atomic mass is 16.5. The van der Waals surface area contributed by atoms with E-state index in [-0.39, 0.29) is 5.54 Å². The molecule has 1 aromatic heterocycles. The Balaban J connectivity index is 2.90. The molecule has 4 heteroatoms. The lowest BCUT2D eigenvalue weighted by molar-refractivity contribution is 0.181. The number of nitrogens with two attached hydrogens (primary N) is 1. The van der Waals surface area contributed by atoms with Gasteiger partial charge in [0.15, 0.2) is 0 Å². The van der Waals surface area contributed by atoms with E-state index in [0.717, 1.165) is 30.1 Å². The van der Waals surface area contributed by atoms with Crippen molar-refractivity contribution < 1.29 is 4.74 Å². The molecule has 0 aliphatic carbocycles. The van der Waals surface area contributed by atoms with E-state index in [2.05, 4.69) is 16.9 Å². The van der Waals surface area contributed by atoms with Gasteiger partial charge in [-0.3, -0.25) is 0 Å². The van der Waals surface area contributed by atoms with Crippen molar-refractivity contribution in [3.63, 3.8) is 0 Å². The first-order valence-electron chi connectivity index (χ1n) is 5.35. The van der Waals surface area contributed by atoms with Crippen LogP contribution >= 0.6 is 0 Å². The van der Waals surface area contributed by atoms with Crippen LogP contribution in [0.15, 0.2) is 0 Å². The second-order valence-corrected chi connectivity index (χ2v) is 4.26. The first-order chi connectivity index (χ1) is 7.01. The third-order valence-electron chi connectivity index (χ3n) is 2.58. The molecule has 0 aliphatic rings. The molecule has 86 valence electrons. The van der Waals surface area contributed by atoms with Crippen LogP contribution in [0.4, 0.5) is 0 Å². The molecule has 15 heavy (non-hydrogen) atoms. The van der Waals surface area contributed by atoms with Crippen LogP contribution in [-0.2, 0) is 16.9 Å². The summed E-state index contributed by atoms with van der Waals surface area (Å²) < 4.78 is 5.07. The standard InChI is InChI=1S/C11H21N3O/c1-5-6-11(3,12)10-13-8(2)9(14-10)7-15-4/h5-7,12H2,1-4H3,(H,13,14). The van der Waals surface area contributed by atoms with Crippen LogP contribution in [0, 0.1) is 6.92 Å². The van der Waals surface area contributed by atoms with Gasteiger partial charge in [-0.2, -0.15) is 0 Å². The number of aryl methyl sites for hydroxylation is 1. The number of aromatic amines is 1. The Hall–Kier alpha value is -0.870. The summed E-state index contributed by atoms with van der Waals surface area (Å²) in [7, 11) is 1.67. The Kier molecular flexibility index (Phi) is 3.88. The predicted octanol–water partition coefficient (Wildman–Crippen LogP) is 1.84. The first kappa shape index (κ1) is 12.2. The third-order valence-corrected chi connectivity index (χ3v) is 2.58. The van der Waals surface area contributed by atoms with Gasteiger partial charge in [0.1, 0.15) is 5.82 Å². The van der Waals surface area contributed by atoms with E-state index in [1.165, 1.54) is 0 Å². The molecule has 1 heterocycles. The van der Waals surface area contributed by atoms with Crippen LogP contribution in [-0.4, -0.2) is 17.1 Å². The molecule has 0 saturated carbocycles. The summed E-state index contributed by atoms with van der Waals surface area (Å²) in [5.74, 6) is 0.855. The summed E-state index contributed by atoms with van der Waals surface area (Å²) in [4.78, 5) is 7.72. The van der Waals surface area contributed by atoms with Crippen molar-refractivity contribution in [1.82, 2.24) is 9.97 Å². The molecule has 0 amide bonds. The molecule has 3 N–H and O–H groups in total. The maximum atomic E-state index is 6.19. The summed E-state index contributed by atoms with van der Waals surface area (Å²) >= 11 is 0. The smallest absolute Gasteiger partial charge is 0.126 e. The zero-order valence-electron chi connectivity index (χ0n) is 10.1. The fourth-order valence-electron chi connectivity index (χ4n) is 1.68. The van der Waals surface area contributed by atoms with Crippen molar-refractivity contribution in [2.24, 2.45) is 5.73 Å². The number of methoxy groups -OCH3 is 1. The van der Waals surface area contributed by atoms with E-state index in [1.54, 1.807) is 7.11 Å². The zero-order chi connectivity index (χ0) is 11.5. The molecule has 1 aromatic rings. The van der Waals surface area contributed by atoms with E-state index in [1.807, 2.05) is 13.8 Å². The highest BCUT2D eigenvalue weighted by Gasteiger charge is 2.24. The van der Waals surface area contributed by atoms with Gasteiger partial charge in [-0.1, -0.05) is 13.3 Å². The molecule has 0 spiro atoms. The number of hydrogen-bond donors (Lipinski definition) is 2. The Morgan fingerprint density at radius 1 is 1.53 bits per heavy atom. The lowest BCUT2D eigenvalue weighted by Crippen LogP contribution is -2.34. The molecule has 0 bridgehead atoms. The number of H-pyrrole nitrogens is 1. The quantitative estimate of drug-likeness (QED) is 0.781. The largest absolute Gasteiger partial charge is 0.378 e. The van der Waals surface area contributed by atoms with Crippen molar-refractivity contribution in [2.45, 2.75) is 45.8 Å². The number of hydrogen-bond acceptors (Lipinski definition) is 3. The Morgan fingerprint density at radius 3 is 2.73 bits per heavy atom. The van der Waals surface area contributed by atoms with Crippen molar-refractivity contribution in [1.29, 1.82) is 0 Å². The number of ether oxygens (including phenoxy) is 1. The fraction of sp³-hybridized carbons (Fsp3) is 0.727. The van der Waals surface area contributed by atoms with Crippen molar-refractivity contribution in [3.8, 4) is 0 Å².